The van der Waals surface area contributed by atoms with Gasteiger partial charge in [-0.2, -0.15) is 0 Å². The van der Waals surface area contributed by atoms with E-state index in [2.05, 4.69) is 5.32 Å². The fraction of sp³-hybridized carbons (Fsp3) is 0.750. The summed E-state index contributed by atoms with van der Waals surface area (Å²) in [7, 11) is 0. The lowest BCUT2D eigenvalue weighted by molar-refractivity contribution is -0.141. The minimum atomic E-state index is -0.969. The maximum Gasteiger partial charge on any atom is 0.320 e. The van der Waals surface area contributed by atoms with Crippen LogP contribution in [0.25, 0.3) is 0 Å². The molecule has 0 unspecified atom stereocenters. The van der Waals surface area contributed by atoms with Gasteiger partial charge in [0, 0.05) is 6.54 Å². The fourth-order valence-corrected chi connectivity index (χ4v) is 0.988. The highest BCUT2D eigenvalue weighted by Gasteiger charge is 2.15. The van der Waals surface area contributed by atoms with Crippen LogP contribution in [0.1, 0.15) is 19.3 Å². The number of carbonyl (C=O) groups is 2. The normalized spacial score (nSPS) is 12.4. The van der Waals surface area contributed by atoms with E-state index >= 15 is 0 Å². The van der Waals surface area contributed by atoms with Gasteiger partial charge in [0.25, 0.3) is 0 Å². The fourth-order valence-electron chi connectivity index (χ4n) is 0.988. The summed E-state index contributed by atoms with van der Waals surface area (Å²) in [5.41, 5.74) is 5.24. The van der Waals surface area contributed by atoms with E-state index in [9.17, 15) is 9.59 Å². The standard InChI is InChI=1S/C8H16N2O4/c9-4-1-2-6(8(13)14)10-5-3-7(11)12/h6,10H,1-5,9H2,(H,11,12)(H,13,14)/t6-/m0/s1. The molecule has 0 bridgehead atoms. The Morgan fingerprint density at radius 2 is 2.00 bits per heavy atom. The summed E-state index contributed by atoms with van der Waals surface area (Å²) in [5.74, 6) is -1.91. The van der Waals surface area contributed by atoms with E-state index in [0.717, 1.165) is 0 Å². The first kappa shape index (κ1) is 12.9. The summed E-state index contributed by atoms with van der Waals surface area (Å²) in [6.45, 7) is 0.598. The molecular formula is C8H16N2O4. The Kier molecular flexibility index (Phi) is 6.69. The lowest BCUT2D eigenvalue weighted by Crippen LogP contribution is -2.38. The minimum absolute atomic E-state index is 0.0770. The van der Waals surface area contributed by atoms with E-state index in [0.29, 0.717) is 19.4 Å². The molecule has 5 N–H and O–H groups in total. The smallest absolute Gasteiger partial charge is 0.320 e. The largest absolute Gasteiger partial charge is 0.481 e. The zero-order valence-electron chi connectivity index (χ0n) is 7.90. The first-order valence-electron chi connectivity index (χ1n) is 4.46. The molecule has 0 radical (unpaired) electrons. The molecule has 0 heterocycles. The molecule has 1 atom stereocenters. The van der Waals surface area contributed by atoms with Crippen LogP contribution in [0.4, 0.5) is 0 Å². The SMILES string of the molecule is NCCC[C@H](NCCC(=O)O)C(=O)O. The molecule has 0 aliphatic heterocycles. The molecule has 0 aromatic rings. The van der Waals surface area contributed by atoms with Gasteiger partial charge in [-0.3, -0.25) is 9.59 Å². The van der Waals surface area contributed by atoms with Crippen molar-refractivity contribution >= 4 is 11.9 Å². The number of aliphatic carboxylic acids is 2. The zero-order chi connectivity index (χ0) is 11.0. The molecule has 0 amide bonds. The average Bonchev–Trinajstić information content (AvgIpc) is 2.09. The molecule has 0 aromatic heterocycles. The van der Waals surface area contributed by atoms with Gasteiger partial charge < -0.3 is 21.3 Å². The van der Waals surface area contributed by atoms with Crippen LogP contribution >= 0.6 is 0 Å². The molecule has 0 fully saturated rings. The summed E-state index contributed by atoms with van der Waals surface area (Å²) >= 11 is 0. The molecule has 0 saturated carbocycles. The second-order valence-corrected chi connectivity index (χ2v) is 2.92. The van der Waals surface area contributed by atoms with Crippen LogP contribution in [0.5, 0.6) is 0 Å². The number of nitrogens with one attached hydrogen (secondary N) is 1. The maximum absolute atomic E-state index is 10.6. The Bertz CT molecular complexity index is 196. The third-order valence-corrected chi connectivity index (χ3v) is 1.72. The molecule has 0 aliphatic rings. The van der Waals surface area contributed by atoms with Crippen molar-refractivity contribution in [3.8, 4) is 0 Å². The summed E-state index contributed by atoms with van der Waals surface area (Å²) in [6, 6.07) is -0.696. The molecule has 0 rings (SSSR count). The van der Waals surface area contributed by atoms with E-state index in [1.54, 1.807) is 0 Å². The first-order valence-corrected chi connectivity index (χ1v) is 4.46. The van der Waals surface area contributed by atoms with Crippen molar-refractivity contribution in [2.75, 3.05) is 13.1 Å². The maximum atomic E-state index is 10.6. The third-order valence-electron chi connectivity index (χ3n) is 1.72. The Hall–Kier alpha value is -1.14. The van der Waals surface area contributed by atoms with Crippen LogP contribution in [-0.4, -0.2) is 41.3 Å². The van der Waals surface area contributed by atoms with Crippen molar-refractivity contribution in [1.82, 2.24) is 5.32 Å². The lowest BCUT2D eigenvalue weighted by atomic mass is 10.1. The highest BCUT2D eigenvalue weighted by atomic mass is 16.4. The molecule has 82 valence electrons. The van der Waals surface area contributed by atoms with Crippen molar-refractivity contribution < 1.29 is 19.8 Å². The number of nitrogens with two attached hydrogens (primary N) is 1. The van der Waals surface area contributed by atoms with Gasteiger partial charge in [-0.05, 0) is 19.4 Å². The number of hydrogen-bond donors (Lipinski definition) is 4. The molecule has 6 heteroatoms. The summed E-state index contributed by atoms with van der Waals surface area (Å²) < 4.78 is 0. The van der Waals surface area contributed by atoms with Gasteiger partial charge in [0.1, 0.15) is 6.04 Å². The van der Waals surface area contributed by atoms with Gasteiger partial charge in [0.15, 0.2) is 0 Å². The van der Waals surface area contributed by atoms with Crippen LogP contribution in [0.15, 0.2) is 0 Å². The average molecular weight is 204 g/mol. The number of rotatable bonds is 8. The van der Waals surface area contributed by atoms with Gasteiger partial charge >= 0.3 is 11.9 Å². The molecule has 6 nitrogen and oxygen atoms in total. The second kappa shape index (κ2) is 7.28. The van der Waals surface area contributed by atoms with Crippen LogP contribution in [-0.2, 0) is 9.59 Å². The van der Waals surface area contributed by atoms with Gasteiger partial charge in [-0.25, -0.2) is 0 Å². The highest BCUT2D eigenvalue weighted by Crippen LogP contribution is 1.96. The predicted molar refractivity (Wildman–Crippen MR) is 50.0 cm³/mol. The Balaban J connectivity index is 3.73. The van der Waals surface area contributed by atoms with Crippen LogP contribution in [0.3, 0.4) is 0 Å². The number of carboxylic acid groups (broad SMARTS) is 2. The molecule has 0 aliphatic carbocycles. The highest BCUT2D eigenvalue weighted by molar-refractivity contribution is 5.73. The molecule has 0 spiro atoms. The Labute approximate surface area is 82.1 Å². The van der Waals surface area contributed by atoms with E-state index in [-0.39, 0.29) is 13.0 Å². The third kappa shape index (κ3) is 6.38. The molecule has 14 heavy (non-hydrogen) atoms. The Morgan fingerprint density at radius 3 is 2.43 bits per heavy atom. The summed E-state index contributed by atoms with van der Waals surface area (Å²) in [4.78, 5) is 20.8. The van der Waals surface area contributed by atoms with Gasteiger partial charge in [-0.15, -0.1) is 0 Å². The van der Waals surface area contributed by atoms with Crippen LogP contribution in [0.2, 0.25) is 0 Å². The predicted octanol–water partition coefficient (Wildman–Crippen LogP) is -0.757. The topological polar surface area (TPSA) is 113 Å². The van der Waals surface area contributed by atoms with Crippen LogP contribution in [0, 0.1) is 0 Å². The number of hydrogen-bond acceptors (Lipinski definition) is 4. The Morgan fingerprint density at radius 1 is 1.36 bits per heavy atom. The van der Waals surface area contributed by atoms with Crippen LogP contribution < -0.4 is 11.1 Å². The van der Waals surface area contributed by atoms with E-state index in [4.69, 9.17) is 15.9 Å². The van der Waals surface area contributed by atoms with Gasteiger partial charge in [-0.1, -0.05) is 0 Å². The summed E-state index contributed by atoms with van der Waals surface area (Å²) in [6.07, 6.45) is 0.953. The molecule has 0 saturated heterocycles. The van der Waals surface area contributed by atoms with E-state index in [1.807, 2.05) is 0 Å². The van der Waals surface area contributed by atoms with E-state index < -0.39 is 18.0 Å². The van der Waals surface area contributed by atoms with Gasteiger partial charge in [0.2, 0.25) is 0 Å². The lowest BCUT2D eigenvalue weighted by Gasteiger charge is -2.12. The van der Waals surface area contributed by atoms with E-state index in [1.165, 1.54) is 0 Å². The van der Waals surface area contributed by atoms with Crippen molar-refractivity contribution in [2.45, 2.75) is 25.3 Å². The summed E-state index contributed by atoms with van der Waals surface area (Å²) in [5, 5.41) is 19.7. The quantitative estimate of drug-likeness (QED) is 0.413. The molecule has 0 aromatic carbocycles. The first-order chi connectivity index (χ1) is 6.57. The van der Waals surface area contributed by atoms with Crippen molar-refractivity contribution in [3.63, 3.8) is 0 Å². The molecular weight excluding hydrogens is 188 g/mol. The van der Waals surface area contributed by atoms with Crippen molar-refractivity contribution in [3.05, 3.63) is 0 Å². The van der Waals surface area contributed by atoms with Crippen molar-refractivity contribution in [1.29, 1.82) is 0 Å². The van der Waals surface area contributed by atoms with Gasteiger partial charge in [0.05, 0.1) is 6.42 Å². The zero-order valence-corrected chi connectivity index (χ0v) is 7.90. The monoisotopic (exact) mass is 204 g/mol. The number of carboxylic acids is 2. The van der Waals surface area contributed by atoms with Crippen molar-refractivity contribution in [2.24, 2.45) is 5.73 Å². The minimum Gasteiger partial charge on any atom is -0.481 e. The second-order valence-electron chi connectivity index (χ2n) is 2.92.